The zero-order valence-corrected chi connectivity index (χ0v) is 12.8. The van der Waals surface area contributed by atoms with E-state index >= 15 is 0 Å². The lowest BCUT2D eigenvalue weighted by Crippen LogP contribution is -2.37. The van der Waals surface area contributed by atoms with E-state index in [-0.39, 0.29) is 23.7 Å². The molecule has 9 nitrogen and oxygen atoms in total. The quantitative estimate of drug-likeness (QED) is 0.420. The number of amides is 2. The summed E-state index contributed by atoms with van der Waals surface area (Å²) in [7, 11) is 0. The molecule has 0 bridgehead atoms. The van der Waals surface area contributed by atoms with Gasteiger partial charge in [0.1, 0.15) is 0 Å². The molecular formula is C15H17N5O4. The fourth-order valence-electron chi connectivity index (χ4n) is 1.99. The van der Waals surface area contributed by atoms with E-state index in [9.17, 15) is 19.7 Å². The maximum atomic E-state index is 11.9. The summed E-state index contributed by atoms with van der Waals surface area (Å²) in [6.45, 7) is 0.960. The van der Waals surface area contributed by atoms with Gasteiger partial charge < -0.3 is 10.6 Å². The van der Waals surface area contributed by atoms with Gasteiger partial charge in [0, 0.05) is 43.2 Å². The number of nitro groups is 1. The smallest absolute Gasteiger partial charge is 0.270 e. The van der Waals surface area contributed by atoms with E-state index in [2.05, 4.69) is 15.7 Å². The van der Waals surface area contributed by atoms with E-state index in [1.54, 1.807) is 10.9 Å². The van der Waals surface area contributed by atoms with Crippen molar-refractivity contribution in [3.8, 4) is 0 Å². The van der Waals surface area contributed by atoms with E-state index in [1.165, 1.54) is 18.2 Å². The number of benzene rings is 1. The number of non-ortho nitro benzene ring substituents is 1. The fraction of sp³-hybridized carbons (Fsp3) is 0.267. The van der Waals surface area contributed by atoms with Crippen LogP contribution in [0.5, 0.6) is 0 Å². The number of carbonyl (C=O) groups is 2. The number of hydrogen-bond acceptors (Lipinski definition) is 5. The van der Waals surface area contributed by atoms with Crippen molar-refractivity contribution in [3.63, 3.8) is 0 Å². The van der Waals surface area contributed by atoms with Crippen LogP contribution in [0.15, 0.2) is 42.7 Å². The van der Waals surface area contributed by atoms with Crippen LogP contribution in [0, 0.1) is 10.1 Å². The number of carbonyl (C=O) groups excluding carboxylic acids is 2. The molecule has 24 heavy (non-hydrogen) atoms. The Morgan fingerprint density at radius 1 is 1.25 bits per heavy atom. The van der Waals surface area contributed by atoms with Crippen LogP contribution in [0.4, 0.5) is 5.69 Å². The lowest BCUT2D eigenvalue weighted by atomic mass is 10.2. The van der Waals surface area contributed by atoms with Gasteiger partial charge in [-0.05, 0) is 18.6 Å². The SMILES string of the molecule is O=C(CNC(=O)c1cccc([N+](=O)[O-])c1)NCCCn1cccn1. The number of aryl methyl sites for hydroxylation is 1. The van der Waals surface area contributed by atoms with E-state index < -0.39 is 10.8 Å². The second-order valence-corrected chi connectivity index (χ2v) is 4.96. The van der Waals surface area contributed by atoms with Crippen molar-refractivity contribution in [2.75, 3.05) is 13.1 Å². The second-order valence-electron chi connectivity index (χ2n) is 4.96. The van der Waals surface area contributed by atoms with Crippen LogP contribution in [0.2, 0.25) is 0 Å². The van der Waals surface area contributed by atoms with Crippen LogP contribution in [0.25, 0.3) is 0 Å². The molecule has 0 saturated carbocycles. The van der Waals surface area contributed by atoms with Crippen molar-refractivity contribution in [2.45, 2.75) is 13.0 Å². The van der Waals surface area contributed by atoms with Gasteiger partial charge in [-0.3, -0.25) is 24.4 Å². The minimum Gasteiger partial charge on any atom is -0.355 e. The number of nitro benzene ring substituents is 1. The van der Waals surface area contributed by atoms with Crippen molar-refractivity contribution >= 4 is 17.5 Å². The predicted octanol–water partition coefficient (Wildman–Crippen LogP) is 0.728. The zero-order chi connectivity index (χ0) is 17.4. The zero-order valence-electron chi connectivity index (χ0n) is 12.8. The van der Waals surface area contributed by atoms with Gasteiger partial charge in [0.15, 0.2) is 0 Å². The Bertz CT molecular complexity index is 714. The lowest BCUT2D eigenvalue weighted by molar-refractivity contribution is -0.384. The van der Waals surface area contributed by atoms with Gasteiger partial charge in [-0.2, -0.15) is 5.10 Å². The van der Waals surface area contributed by atoms with Crippen LogP contribution < -0.4 is 10.6 Å². The van der Waals surface area contributed by atoms with Gasteiger partial charge in [0.25, 0.3) is 11.6 Å². The molecule has 0 spiro atoms. The third-order valence-electron chi connectivity index (χ3n) is 3.17. The van der Waals surface area contributed by atoms with Crippen LogP contribution >= 0.6 is 0 Å². The van der Waals surface area contributed by atoms with Gasteiger partial charge in [-0.25, -0.2) is 0 Å². The summed E-state index contributed by atoms with van der Waals surface area (Å²) in [5.74, 6) is -0.861. The lowest BCUT2D eigenvalue weighted by Gasteiger charge is -2.07. The van der Waals surface area contributed by atoms with Gasteiger partial charge in [-0.1, -0.05) is 6.07 Å². The van der Waals surface area contributed by atoms with Gasteiger partial charge >= 0.3 is 0 Å². The molecule has 0 radical (unpaired) electrons. The average Bonchev–Trinajstić information content (AvgIpc) is 3.10. The van der Waals surface area contributed by atoms with Crippen LogP contribution in [0.1, 0.15) is 16.8 Å². The van der Waals surface area contributed by atoms with Crippen LogP contribution in [0.3, 0.4) is 0 Å². The molecule has 2 aromatic rings. The van der Waals surface area contributed by atoms with E-state index in [0.29, 0.717) is 19.5 Å². The fourth-order valence-corrected chi connectivity index (χ4v) is 1.99. The molecule has 0 fully saturated rings. The molecule has 2 amide bonds. The topological polar surface area (TPSA) is 119 Å². The highest BCUT2D eigenvalue weighted by Crippen LogP contribution is 2.12. The normalized spacial score (nSPS) is 10.2. The summed E-state index contributed by atoms with van der Waals surface area (Å²) in [6, 6.07) is 7.15. The summed E-state index contributed by atoms with van der Waals surface area (Å²) in [5, 5.41) is 19.8. The van der Waals surface area contributed by atoms with Crippen molar-refractivity contribution < 1.29 is 14.5 Å². The molecule has 9 heteroatoms. The molecule has 0 aliphatic carbocycles. The summed E-state index contributed by atoms with van der Waals surface area (Å²) in [4.78, 5) is 33.6. The summed E-state index contributed by atoms with van der Waals surface area (Å²) in [5.41, 5.74) is -0.0404. The predicted molar refractivity (Wildman–Crippen MR) is 85.3 cm³/mol. The molecule has 0 aliphatic rings. The average molecular weight is 331 g/mol. The Morgan fingerprint density at radius 3 is 2.79 bits per heavy atom. The molecule has 126 valence electrons. The highest BCUT2D eigenvalue weighted by molar-refractivity contribution is 5.96. The maximum absolute atomic E-state index is 11.9. The molecule has 0 atom stereocenters. The molecule has 0 aliphatic heterocycles. The standard InChI is InChI=1S/C15H17N5O4/c21-14(16-6-2-8-19-9-3-7-18-19)11-17-15(22)12-4-1-5-13(10-12)20(23)24/h1,3-5,7,9-10H,2,6,8,11H2,(H,16,21)(H,17,22). The molecule has 0 unspecified atom stereocenters. The minimum absolute atomic E-state index is 0.135. The summed E-state index contributed by atoms with van der Waals surface area (Å²) in [6.07, 6.45) is 4.23. The highest BCUT2D eigenvalue weighted by Gasteiger charge is 2.12. The Kier molecular flexibility index (Phi) is 6.01. The molecule has 1 heterocycles. The van der Waals surface area contributed by atoms with E-state index in [4.69, 9.17) is 0 Å². The van der Waals surface area contributed by atoms with Crippen molar-refractivity contribution in [1.29, 1.82) is 0 Å². The first-order valence-corrected chi connectivity index (χ1v) is 7.33. The molecule has 2 N–H and O–H groups in total. The summed E-state index contributed by atoms with van der Waals surface area (Å²) < 4.78 is 1.76. The maximum Gasteiger partial charge on any atom is 0.270 e. The van der Waals surface area contributed by atoms with E-state index in [0.717, 1.165) is 6.07 Å². The Morgan fingerprint density at radius 2 is 2.08 bits per heavy atom. The Hall–Kier alpha value is -3.23. The first-order chi connectivity index (χ1) is 11.6. The van der Waals surface area contributed by atoms with Crippen molar-refractivity contribution in [2.24, 2.45) is 0 Å². The highest BCUT2D eigenvalue weighted by atomic mass is 16.6. The second kappa shape index (κ2) is 8.42. The van der Waals surface area contributed by atoms with Crippen LogP contribution in [-0.4, -0.2) is 39.6 Å². The number of hydrogen-bond donors (Lipinski definition) is 2. The molecule has 1 aromatic heterocycles. The number of aromatic nitrogens is 2. The van der Waals surface area contributed by atoms with Gasteiger partial charge in [0.05, 0.1) is 11.5 Å². The first kappa shape index (κ1) is 17.1. The van der Waals surface area contributed by atoms with Crippen molar-refractivity contribution in [3.05, 3.63) is 58.4 Å². The van der Waals surface area contributed by atoms with E-state index in [1.807, 2.05) is 12.3 Å². The number of rotatable bonds is 8. The van der Waals surface area contributed by atoms with Crippen LogP contribution in [-0.2, 0) is 11.3 Å². The number of nitrogens with zero attached hydrogens (tertiary/aromatic N) is 3. The minimum atomic E-state index is -0.580. The first-order valence-electron chi connectivity index (χ1n) is 7.33. The summed E-state index contributed by atoms with van der Waals surface area (Å²) >= 11 is 0. The molecule has 0 saturated heterocycles. The molecule has 1 aromatic carbocycles. The molecular weight excluding hydrogens is 314 g/mol. The third kappa shape index (κ3) is 5.20. The molecule has 2 rings (SSSR count). The van der Waals surface area contributed by atoms with Crippen molar-refractivity contribution in [1.82, 2.24) is 20.4 Å². The Labute approximate surface area is 137 Å². The van der Waals surface area contributed by atoms with Gasteiger partial charge in [-0.15, -0.1) is 0 Å². The largest absolute Gasteiger partial charge is 0.355 e. The number of nitrogens with one attached hydrogen (secondary N) is 2. The third-order valence-corrected chi connectivity index (χ3v) is 3.17. The Balaban J connectivity index is 1.70. The monoisotopic (exact) mass is 331 g/mol. The van der Waals surface area contributed by atoms with Gasteiger partial charge in [0.2, 0.25) is 5.91 Å².